The SMILES string of the molecule is NC(=S)c1ccc(Br)cc1NC(=O)c1ccc(O)cc1O. The predicted octanol–water partition coefficient (Wildman–Crippen LogP) is 2.75. The van der Waals surface area contributed by atoms with E-state index in [0.717, 1.165) is 10.5 Å². The van der Waals surface area contributed by atoms with Crippen molar-refractivity contribution in [3.8, 4) is 11.5 Å². The normalized spacial score (nSPS) is 10.1. The number of benzene rings is 2. The highest BCUT2D eigenvalue weighted by molar-refractivity contribution is 9.10. The van der Waals surface area contributed by atoms with Gasteiger partial charge in [-0.25, -0.2) is 0 Å². The van der Waals surface area contributed by atoms with Gasteiger partial charge in [-0.15, -0.1) is 0 Å². The molecule has 0 bridgehead atoms. The number of aromatic hydroxyl groups is 2. The Morgan fingerprint density at radius 1 is 1.14 bits per heavy atom. The third-order valence-electron chi connectivity index (χ3n) is 2.72. The predicted molar refractivity (Wildman–Crippen MR) is 87.8 cm³/mol. The van der Waals surface area contributed by atoms with Gasteiger partial charge in [0.05, 0.1) is 11.3 Å². The number of nitrogens with one attached hydrogen (secondary N) is 1. The standard InChI is InChI=1S/C14H11BrN2O3S/c15-7-1-3-9(13(16)21)11(5-7)17-14(20)10-4-2-8(18)6-12(10)19/h1-6,18-19H,(H2,16,21)(H,17,20). The molecule has 0 fully saturated rings. The Kier molecular flexibility index (Phi) is 4.44. The molecule has 2 aromatic carbocycles. The summed E-state index contributed by atoms with van der Waals surface area (Å²) in [6.45, 7) is 0. The highest BCUT2D eigenvalue weighted by Crippen LogP contribution is 2.26. The highest BCUT2D eigenvalue weighted by Gasteiger charge is 2.14. The minimum absolute atomic E-state index is 0.0293. The van der Waals surface area contributed by atoms with Gasteiger partial charge in [-0.2, -0.15) is 0 Å². The Balaban J connectivity index is 2.35. The molecule has 0 aliphatic rings. The number of amides is 1. The third-order valence-corrected chi connectivity index (χ3v) is 3.43. The Hall–Kier alpha value is -2.12. The molecule has 0 unspecified atom stereocenters. The fourth-order valence-corrected chi connectivity index (χ4v) is 2.28. The maximum absolute atomic E-state index is 12.2. The molecule has 0 spiro atoms. The quantitative estimate of drug-likeness (QED) is 0.626. The number of hydrogen-bond donors (Lipinski definition) is 4. The number of hydrogen-bond acceptors (Lipinski definition) is 4. The van der Waals surface area contributed by atoms with Crippen molar-refractivity contribution in [2.75, 3.05) is 5.32 Å². The van der Waals surface area contributed by atoms with Gasteiger partial charge in [-0.3, -0.25) is 4.79 Å². The first-order chi connectivity index (χ1) is 9.88. The molecule has 0 heterocycles. The number of carbonyl (C=O) groups excluding carboxylic acids is 1. The van der Waals surface area contributed by atoms with Crippen LogP contribution >= 0.6 is 28.1 Å². The molecule has 0 radical (unpaired) electrons. The van der Waals surface area contributed by atoms with Crippen LogP contribution in [0.1, 0.15) is 15.9 Å². The van der Waals surface area contributed by atoms with Crippen LogP contribution in [0.2, 0.25) is 0 Å². The van der Waals surface area contributed by atoms with Gasteiger partial charge in [-0.1, -0.05) is 28.1 Å². The number of phenolic OH excluding ortho intramolecular Hbond substituents is 2. The first-order valence-electron chi connectivity index (χ1n) is 5.81. The Labute approximate surface area is 134 Å². The van der Waals surface area contributed by atoms with Gasteiger partial charge < -0.3 is 21.3 Å². The van der Waals surface area contributed by atoms with E-state index in [1.807, 2.05) is 0 Å². The van der Waals surface area contributed by atoms with Crippen LogP contribution in [-0.2, 0) is 0 Å². The third kappa shape index (κ3) is 3.50. The number of nitrogens with two attached hydrogens (primary N) is 1. The number of carbonyl (C=O) groups is 1. The van der Waals surface area contributed by atoms with Crippen molar-refractivity contribution in [1.82, 2.24) is 0 Å². The summed E-state index contributed by atoms with van der Waals surface area (Å²) in [5.74, 6) is -0.988. The lowest BCUT2D eigenvalue weighted by Gasteiger charge is -2.11. The lowest BCUT2D eigenvalue weighted by atomic mass is 10.1. The van der Waals surface area contributed by atoms with Crippen molar-refractivity contribution in [3.05, 3.63) is 52.0 Å². The summed E-state index contributed by atoms with van der Waals surface area (Å²) in [6.07, 6.45) is 0. The molecule has 2 aromatic rings. The lowest BCUT2D eigenvalue weighted by molar-refractivity contribution is 0.102. The van der Waals surface area contributed by atoms with Crippen molar-refractivity contribution >= 4 is 44.7 Å². The van der Waals surface area contributed by atoms with Gasteiger partial charge in [0.1, 0.15) is 16.5 Å². The van der Waals surface area contributed by atoms with E-state index in [1.165, 1.54) is 12.1 Å². The van der Waals surface area contributed by atoms with Crippen LogP contribution in [0.5, 0.6) is 11.5 Å². The maximum atomic E-state index is 12.2. The van der Waals surface area contributed by atoms with E-state index in [9.17, 15) is 15.0 Å². The van der Waals surface area contributed by atoms with Gasteiger partial charge >= 0.3 is 0 Å². The molecule has 5 nitrogen and oxygen atoms in total. The zero-order valence-electron chi connectivity index (χ0n) is 10.6. The molecular weight excluding hydrogens is 356 g/mol. The maximum Gasteiger partial charge on any atom is 0.259 e. The monoisotopic (exact) mass is 366 g/mol. The summed E-state index contributed by atoms with van der Waals surface area (Å²) >= 11 is 8.23. The summed E-state index contributed by atoms with van der Waals surface area (Å²) in [5.41, 5.74) is 6.58. The van der Waals surface area contributed by atoms with E-state index in [-0.39, 0.29) is 22.1 Å². The van der Waals surface area contributed by atoms with E-state index in [4.69, 9.17) is 18.0 Å². The topological polar surface area (TPSA) is 95.6 Å². The number of thiocarbonyl (C=S) groups is 1. The Morgan fingerprint density at radius 2 is 1.81 bits per heavy atom. The molecule has 0 saturated heterocycles. The molecule has 0 atom stereocenters. The van der Waals surface area contributed by atoms with Crippen LogP contribution in [0.15, 0.2) is 40.9 Å². The number of phenols is 2. The summed E-state index contributed by atoms with van der Waals surface area (Å²) in [6, 6.07) is 8.80. The average molecular weight is 367 g/mol. The number of rotatable bonds is 3. The molecule has 5 N–H and O–H groups in total. The van der Waals surface area contributed by atoms with Crippen LogP contribution in [0.3, 0.4) is 0 Å². The summed E-state index contributed by atoms with van der Waals surface area (Å²) in [4.78, 5) is 12.3. The van der Waals surface area contributed by atoms with Crippen molar-refractivity contribution in [2.45, 2.75) is 0 Å². The van der Waals surface area contributed by atoms with E-state index in [2.05, 4.69) is 21.2 Å². The zero-order valence-corrected chi connectivity index (χ0v) is 13.0. The van der Waals surface area contributed by atoms with Crippen LogP contribution in [-0.4, -0.2) is 21.1 Å². The number of anilines is 1. The van der Waals surface area contributed by atoms with Gasteiger partial charge in [0.15, 0.2) is 0 Å². The minimum atomic E-state index is -0.539. The second kappa shape index (κ2) is 6.11. The van der Waals surface area contributed by atoms with Gasteiger partial charge in [-0.05, 0) is 30.3 Å². The molecular formula is C14H11BrN2O3S. The van der Waals surface area contributed by atoms with E-state index in [1.54, 1.807) is 18.2 Å². The average Bonchev–Trinajstić information content (AvgIpc) is 2.37. The van der Waals surface area contributed by atoms with Crippen LogP contribution < -0.4 is 11.1 Å². The molecule has 1 amide bonds. The van der Waals surface area contributed by atoms with Crippen LogP contribution in [0.4, 0.5) is 5.69 Å². The van der Waals surface area contributed by atoms with Crippen molar-refractivity contribution < 1.29 is 15.0 Å². The summed E-state index contributed by atoms with van der Waals surface area (Å²) in [5, 5.41) is 21.6. The molecule has 108 valence electrons. The Morgan fingerprint density at radius 3 is 2.43 bits per heavy atom. The molecule has 0 saturated carbocycles. The molecule has 0 aliphatic heterocycles. The van der Waals surface area contributed by atoms with Crippen LogP contribution in [0.25, 0.3) is 0 Å². The van der Waals surface area contributed by atoms with Gasteiger partial charge in [0, 0.05) is 16.1 Å². The molecule has 0 aromatic heterocycles. The lowest BCUT2D eigenvalue weighted by Crippen LogP contribution is -2.17. The first kappa shape index (κ1) is 15.3. The fraction of sp³-hybridized carbons (Fsp3) is 0. The fourth-order valence-electron chi connectivity index (χ4n) is 1.74. The molecule has 7 heteroatoms. The van der Waals surface area contributed by atoms with Crippen molar-refractivity contribution in [3.63, 3.8) is 0 Å². The highest BCUT2D eigenvalue weighted by atomic mass is 79.9. The molecule has 0 aliphatic carbocycles. The van der Waals surface area contributed by atoms with Crippen molar-refractivity contribution in [1.29, 1.82) is 0 Å². The molecule has 21 heavy (non-hydrogen) atoms. The van der Waals surface area contributed by atoms with E-state index >= 15 is 0 Å². The summed E-state index contributed by atoms with van der Waals surface area (Å²) in [7, 11) is 0. The molecule has 2 rings (SSSR count). The Bertz CT molecular complexity index is 734. The van der Waals surface area contributed by atoms with Crippen LogP contribution in [0, 0.1) is 0 Å². The zero-order chi connectivity index (χ0) is 15.6. The second-order valence-electron chi connectivity index (χ2n) is 4.21. The second-order valence-corrected chi connectivity index (χ2v) is 5.57. The number of halogens is 1. The first-order valence-corrected chi connectivity index (χ1v) is 7.01. The van der Waals surface area contributed by atoms with Gasteiger partial charge in [0.25, 0.3) is 5.91 Å². The summed E-state index contributed by atoms with van der Waals surface area (Å²) < 4.78 is 0.743. The minimum Gasteiger partial charge on any atom is -0.508 e. The smallest absolute Gasteiger partial charge is 0.259 e. The van der Waals surface area contributed by atoms with E-state index < -0.39 is 5.91 Å². The van der Waals surface area contributed by atoms with E-state index in [0.29, 0.717) is 11.3 Å². The largest absolute Gasteiger partial charge is 0.508 e. The van der Waals surface area contributed by atoms with Gasteiger partial charge in [0.2, 0.25) is 0 Å². The van der Waals surface area contributed by atoms with Crippen molar-refractivity contribution in [2.24, 2.45) is 5.73 Å².